The molecule has 0 heterocycles. The number of ether oxygens (including phenoxy) is 1. The second-order valence-electron chi connectivity index (χ2n) is 8.36. The van der Waals surface area contributed by atoms with Crippen LogP contribution in [0.5, 0.6) is 5.75 Å². The van der Waals surface area contributed by atoms with Crippen molar-refractivity contribution in [2.75, 3.05) is 33.5 Å². The summed E-state index contributed by atoms with van der Waals surface area (Å²) < 4.78 is 5.27. The fraction of sp³-hybridized carbons (Fsp3) is 0.650. The smallest absolute Gasteiger partial charge is 0.255 e. The van der Waals surface area contributed by atoms with Crippen LogP contribution in [0.15, 0.2) is 12.1 Å². The number of nitrogens with two attached hydrogens (primary N) is 1. The lowest BCUT2D eigenvalue weighted by atomic mass is 9.68. The first-order chi connectivity index (χ1) is 12.1. The van der Waals surface area contributed by atoms with Crippen LogP contribution < -0.4 is 15.8 Å². The number of hydrogen-bond acceptors (Lipinski definition) is 4. The Morgan fingerprint density at radius 1 is 1.27 bits per heavy atom. The van der Waals surface area contributed by atoms with E-state index in [4.69, 9.17) is 22.1 Å². The number of nitrogens with zero attached hydrogens (tertiary/aromatic N) is 1. The third kappa shape index (κ3) is 4.63. The van der Waals surface area contributed by atoms with Crippen molar-refractivity contribution >= 4 is 23.2 Å². The standard InChI is InChI=1S/C20H32ClN3O2/c1-19(2)6-8-20(9-7-19,24(3)4)10-11-23-18(25)14-12-15(21)16(22)13-17(14)26-5/h12-13H,6-11,22H2,1-5H3,(H,23,25). The molecule has 0 radical (unpaired) electrons. The molecule has 0 aliphatic heterocycles. The molecule has 1 aliphatic carbocycles. The van der Waals surface area contributed by atoms with Gasteiger partial charge in [-0.1, -0.05) is 25.4 Å². The first kappa shape index (κ1) is 20.8. The van der Waals surface area contributed by atoms with Crippen LogP contribution in [-0.4, -0.2) is 44.1 Å². The van der Waals surface area contributed by atoms with Crippen molar-refractivity contribution in [3.8, 4) is 5.75 Å². The lowest BCUT2D eigenvalue weighted by molar-refractivity contribution is 0.0451. The van der Waals surface area contributed by atoms with E-state index in [0.29, 0.717) is 34.0 Å². The highest BCUT2D eigenvalue weighted by Gasteiger charge is 2.39. The number of carbonyl (C=O) groups excluding carboxylic acids is 1. The second-order valence-corrected chi connectivity index (χ2v) is 8.77. The summed E-state index contributed by atoms with van der Waals surface area (Å²) in [7, 11) is 5.80. The zero-order chi connectivity index (χ0) is 19.5. The number of carbonyl (C=O) groups is 1. The van der Waals surface area contributed by atoms with Gasteiger partial charge in [0.1, 0.15) is 5.75 Å². The number of rotatable bonds is 6. The number of nitrogens with one attached hydrogen (secondary N) is 1. The Morgan fingerprint density at radius 3 is 2.42 bits per heavy atom. The van der Waals surface area contributed by atoms with Crippen LogP contribution in [0, 0.1) is 5.41 Å². The zero-order valence-electron chi connectivity index (χ0n) is 16.6. The van der Waals surface area contributed by atoms with Gasteiger partial charge < -0.3 is 20.7 Å². The molecule has 0 spiro atoms. The van der Waals surface area contributed by atoms with Gasteiger partial charge in [0.15, 0.2) is 0 Å². The van der Waals surface area contributed by atoms with Gasteiger partial charge in [0.2, 0.25) is 0 Å². The molecule has 0 aromatic heterocycles. The Kier molecular flexibility index (Phi) is 6.46. The number of benzene rings is 1. The largest absolute Gasteiger partial charge is 0.496 e. The molecule has 3 N–H and O–H groups in total. The molecule has 26 heavy (non-hydrogen) atoms. The number of nitrogen functional groups attached to an aromatic ring is 1. The highest BCUT2D eigenvalue weighted by molar-refractivity contribution is 6.33. The van der Waals surface area contributed by atoms with Crippen molar-refractivity contribution < 1.29 is 9.53 Å². The van der Waals surface area contributed by atoms with E-state index in [1.807, 2.05) is 0 Å². The maximum absolute atomic E-state index is 12.6. The maximum Gasteiger partial charge on any atom is 0.255 e. The summed E-state index contributed by atoms with van der Waals surface area (Å²) in [6, 6.07) is 3.15. The monoisotopic (exact) mass is 381 g/mol. The number of hydrogen-bond donors (Lipinski definition) is 2. The fourth-order valence-electron chi connectivity index (χ4n) is 3.73. The van der Waals surface area contributed by atoms with Gasteiger partial charge in [-0.3, -0.25) is 4.79 Å². The third-order valence-electron chi connectivity index (χ3n) is 5.92. The van der Waals surface area contributed by atoms with E-state index in [-0.39, 0.29) is 11.4 Å². The molecule has 0 saturated heterocycles. The van der Waals surface area contributed by atoms with E-state index in [2.05, 4.69) is 38.2 Å². The van der Waals surface area contributed by atoms with Crippen molar-refractivity contribution in [2.45, 2.75) is 51.5 Å². The molecule has 1 aromatic rings. The summed E-state index contributed by atoms with van der Waals surface area (Å²) >= 11 is 6.07. The van der Waals surface area contributed by atoms with Crippen molar-refractivity contribution in [3.05, 3.63) is 22.7 Å². The molecule has 0 bridgehead atoms. The van der Waals surface area contributed by atoms with Crippen LogP contribution in [0.1, 0.15) is 56.3 Å². The molecule has 1 amide bonds. The molecule has 2 rings (SSSR count). The molecule has 146 valence electrons. The predicted octanol–water partition coefficient (Wildman–Crippen LogP) is 3.95. The number of methoxy groups -OCH3 is 1. The molecule has 1 aromatic carbocycles. The summed E-state index contributed by atoms with van der Waals surface area (Å²) in [6.07, 6.45) is 5.65. The average Bonchev–Trinajstić information content (AvgIpc) is 2.58. The quantitative estimate of drug-likeness (QED) is 0.732. The Labute approximate surface area is 162 Å². The lowest BCUT2D eigenvalue weighted by Gasteiger charge is -2.48. The molecule has 0 unspecified atom stereocenters. The maximum atomic E-state index is 12.6. The average molecular weight is 382 g/mol. The van der Waals surface area contributed by atoms with E-state index in [0.717, 1.165) is 19.3 Å². The van der Waals surface area contributed by atoms with Gasteiger partial charge in [-0.05, 0) is 57.7 Å². The summed E-state index contributed by atoms with van der Waals surface area (Å²) in [5, 5.41) is 3.38. The molecule has 0 atom stereocenters. The van der Waals surface area contributed by atoms with E-state index >= 15 is 0 Å². The summed E-state index contributed by atoms with van der Waals surface area (Å²) in [5.74, 6) is 0.250. The fourth-order valence-corrected chi connectivity index (χ4v) is 3.90. The van der Waals surface area contributed by atoms with E-state index in [9.17, 15) is 4.79 Å². The van der Waals surface area contributed by atoms with E-state index < -0.39 is 0 Å². The zero-order valence-corrected chi connectivity index (χ0v) is 17.4. The van der Waals surface area contributed by atoms with Gasteiger partial charge in [-0.15, -0.1) is 0 Å². The molecule has 1 fully saturated rings. The molecule has 1 aliphatic rings. The van der Waals surface area contributed by atoms with E-state index in [1.165, 1.54) is 20.0 Å². The molecular weight excluding hydrogens is 350 g/mol. The van der Waals surface area contributed by atoms with Crippen LogP contribution in [0.3, 0.4) is 0 Å². The van der Waals surface area contributed by atoms with Crippen molar-refractivity contribution in [3.63, 3.8) is 0 Å². The van der Waals surface area contributed by atoms with Crippen LogP contribution in [-0.2, 0) is 0 Å². The highest BCUT2D eigenvalue weighted by Crippen LogP contribution is 2.43. The summed E-state index contributed by atoms with van der Waals surface area (Å²) in [6.45, 7) is 5.29. The molecule has 5 nitrogen and oxygen atoms in total. The SMILES string of the molecule is COc1cc(N)c(Cl)cc1C(=O)NCCC1(N(C)C)CCC(C)(C)CC1. The molecular formula is C20H32ClN3O2. The number of halogens is 1. The molecule has 6 heteroatoms. The van der Waals surface area contributed by atoms with Gasteiger partial charge >= 0.3 is 0 Å². The van der Waals surface area contributed by atoms with Gasteiger partial charge in [-0.2, -0.15) is 0 Å². The van der Waals surface area contributed by atoms with Gasteiger partial charge in [0, 0.05) is 18.2 Å². The Bertz CT molecular complexity index is 649. The molecule has 1 saturated carbocycles. The number of amides is 1. The van der Waals surface area contributed by atoms with Crippen molar-refractivity contribution in [1.82, 2.24) is 10.2 Å². The van der Waals surface area contributed by atoms with Crippen LogP contribution in [0.2, 0.25) is 5.02 Å². The highest BCUT2D eigenvalue weighted by atomic mass is 35.5. The predicted molar refractivity (Wildman–Crippen MR) is 108 cm³/mol. The minimum Gasteiger partial charge on any atom is -0.496 e. The van der Waals surface area contributed by atoms with Gasteiger partial charge in [0.25, 0.3) is 5.91 Å². The van der Waals surface area contributed by atoms with Crippen LogP contribution in [0.4, 0.5) is 5.69 Å². The third-order valence-corrected chi connectivity index (χ3v) is 6.25. The van der Waals surface area contributed by atoms with Crippen molar-refractivity contribution in [2.24, 2.45) is 5.41 Å². The first-order valence-electron chi connectivity index (χ1n) is 9.19. The Balaban J connectivity index is 2.02. The van der Waals surface area contributed by atoms with Crippen LogP contribution in [0.25, 0.3) is 0 Å². The first-order valence-corrected chi connectivity index (χ1v) is 9.57. The minimum atomic E-state index is -0.186. The number of anilines is 1. The summed E-state index contributed by atoms with van der Waals surface area (Å²) in [4.78, 5) is 14.9. The summed E-state index contributed by atoms with van der Waals surface area (Å²) in [5.41, 5.74) is 7.16. The van der Waals surface area contributed by atoms with Crippen LogP contribution >= 0.6 is 11.6 Å². The second kappa shape index (κ2) is 8.05. The van der Waals surface area contributed by atoms with Gasteiger partial charge in [-0.25, -0.2) is 0 Å². The van der Waals surface area contributed by atoms with Crippen molar-refractivity contribution in [1.29, 1.82) is 0 Å². The Morgan fingerprint density at radius 2 is 1.88 bits per heavy atom. The normalized spacial score (nSPS) is 18.6. The lowest BCUT2D eigenvalue weighted by Crippen LogP contribution is -2.50. The Hall–Kier alpha value is -1.46. The van der Waals surface area contributed by atoms with Gasteiger partial charge in [0.05, 0.1) is 23.4 Å². The topological polar surface area (TPSA) is 67.6 Å². The van der Waals surface area contributed by atoms with E-state index in [1.54, 1.807) is 12.1 Å². The minimum absolute atomic E-state index is 0.144.